The number of fused-ring (bicyclic) bond motifs is 1. The van der Waals surface area contributed by atoms with Gasteiger partial charge in [-0.25, -0.2) is 0 Å². The Morgan fingerprint density at radius 2 is 1.76 bits per heavy atom. The second kappa shape index (κ2) is 3.66. The van der Waals surface area contributed by atoms with Crippen molar-refractivity contribution in [2.75, 3.05) is 0 Å². The lowest BCUT2D eigenvalue weighted by atomic mass is 9.69. The van der Waals surface area contributed by atoms with Crippen LogP contribution in [0.3, 0.4) is 0 Å². The zero-order valence-electron chi connectivity index (χ0n) is 11.3. The van der Waals surface area contributed by atoms with Gasteiger partial charge in [0.05, 0.1) is 0 Å². The number of ketones is 1. The minimum absolute atomic E-state index is 0.0141. The van der Waals surface area contributed by atoms with Crippen LogP contribution in [0.1, 0.15) is 23.0 Å². The van der Waals surface area contributed by atoms with Gasteiger partial charge in [-0.2, -0.15) is 0 Å². The molecule has 0 amide bonds. The van der Waals surface area contributed by atoms with Gasteiger partial charge in [0.25, 0.3) is 0 Å². The van der Waals surface area contributed by atoms with E-state index in [0.29, 0.717) is 0 Å². The van der Waals surface area contributed by atoms with Crippen molar-refractivity contribution < 1.29 is 4.79 Å². The maximum Gasteiger partial charge on any atom is 0.180 e. The Bertz CT molecular complexity index is 858. The van der Waals surface area contributed by atoms with Crippen LogP contribution in [0, 0.1) is 5.92 Å². The van der Waals surface area contributed by atoms with Crippen molar-refractivity contribution >= 4 is 28.2 Å². The molecule has 0 N–H and O–H groups in total. The summed E-state index contributed by atoms with van der Waals surface area (Å²) < 4.78 is 0. The predicted molar refractivity (Wildman–Crippen MR) is 84.8 cm³/mol. The molecule has 0 fully saturated rings. The Kier molecular flexibility index (Phi) is 2.05. The lowest BCUT2D eigenvalue weighted by molar-refractivity contribution is -0.116. The Labute approximate surface area is 127 Å². The first-order valence-corrected chi connectivity index (χ1v) is 7.70. The molecule has 2 unspecified atom stereocenters. The SMILES string of the molecule is O=C1C=CC2C=CC1(Cl)[C@@H]1c3cccc4cccc(c34)[C@H]21. The molecule has 2 bridgehead atoms. The van der Waals surface area contributed by atoms with Crippen LogP contribution < -0.4 is 0 Å². The van der Waals surface area contributed by atoms with Crippen LogP contribution in [0.2, 0.25) is 0 Å². The van der Waals surface area contributed by atoms with Gasteiger partial charge in [-0.15, -0.1) is 11.6 Å². The Balaban J connectivity index is 1.91. The van der Waals surface area contributed by atoms with Gasteiger partial charge in [0.2, 0.25) is 0 Å². The lowest BCUT2D eigenvalue weighted by Crippen LogP contribution is -2.40. The molecule has 0 aliphatic heterocycles. The van der Waals surface area contributed by atoms with E-state index in [1.807, 2.05) is 12.2 Å². The highest BCUT2D eigenvalue weighted by Crippen LogP contribution is 2.60. The van der Waals surface area contributed by atoms with Crippen LogP contribution in [0.25, 0.3) is 10.8 Å². The Morgan fingerprint density at radius 1 is 1.00 bits per heavy atom. The minimum Gasteiger partial charge on any atom is -0.292 e. The average Bonchev–Trinajstić information content (AvgIpc) is 2.72. The predicted octanol–water partition coefficient (Wildman–Crippen LogP) is 4.32. The van der Waals surface area contributed by atoms with E-state index >= 15 is 0 Å². The van der Waals surface area contributed by atoms with Crippen LogP contribution in [0.4, 0.5) is 0 Å². The monoisotopic (exact) mass is 292 g/mol. The highest BCUT2D eigenvalue weighted by atomic mass is 35.5. The fourth-order valence-electron chi connectivity index (χ4n) is 4.45. The van der Waals surface area contributed by atoms with E-state index in [1.165, 1.54) is 21.9 Å². The van der Waals surface area contributed by atoms with Crippen molar-refractivity contribution in [2.45, 2.75) is 16.7 Å². The molecule has 0 saturated heterocycles. The third-order valence-electron chi connectivity index (χ3n) is 5.30. The maximum absolute atomic E-state index is 12.5. The number of allylic oxidation sites excluding steroid dienone is 4. The number of rotatable bonds is 0. The smallest absolute Gasteiger partial charge is 0.180 e. The molecule has 1 nitrogen and oxygen atoms in total. The number of benzene rings is 2. The summed E-state index contributed by atoms with van der Waals surface area (Å²) in [5.74, 6) is 0.584. The summed E-state index contributed by atoms with van der Waals surface area (Å²) >= 11 is 6.84. The zero-order valence-corrected chi connectivity index (χ0v) is 12.0. The second-order valence-corrected chi connectivity index (χ2v) is 6.85. The molecule has 4 aliphatic carbocycles. The summed E-state index contributed by atoms with van der Waals surface area (Å²) in [6.45, 7) is 0. The van der Waals surface area contributed by atoms with Crippen LogP contribution in [-0.2, 0) is 4.79 Å². The molecular weight excluding hydrogens is 280 g/mol. The molecule has 21 heavy (non-hydrogen) atoms. The van der Waals surface area contributed by atoms with E-state index in [-0.39, 0.29) is 23.5 Å². The summed E-state index contributed by atoms with van der Waals surface area (Å²) in [5, 5.41) is 2.55. The summed E-state index contributed by atoms with van der Waals surface area (Å²) in [7, 11) is 0. The number of halogens is 1. The second-order valence-electron chi connectivity index (χ2n) is 6.22. The highest BCUT2D eigenvalue weighted by Gasteiger charge is 2.54. The summed E-state index contributed by atoms with van der Waals surface area (Å²) in [6, 6.07) is 12.8. The fourth-order valence-corrected chi connectivity index (χ4v) is 4.84. The van der Waals surface area contributed by atoms with E-state index in [4.69, 9.17) is 11.6 Å². The Hall–Kier alpha value is -1.86. The van der Waals surface area contributed by atoms with E-state index < -0.39 is 4.87 Å². The van der Waals surface area contributed by atoms with Crippen molar-refractivity contribution in [1.29, 1.82) is 0 Å². The van der Waals surface area contributed by atoms with Crippen molar-refractivity contribution in [1.82, 2.24) is 0 Å². The third-order valence-corrected chi connectivity index (χ3v) is 5.85. The van der Waals surface area contributed by atoms with E-state index in [2.05, 4.69) is 42.5 Å². The largest absolute Gasteiger partial charge is 0.292 e. The topological polar surface area (TPSA) is 17.1 Å². The van der Waals surface area contributed by atoms with Gasteiger partial charge in [0, 0.05) is 17.8 Å². The van der Waals surface area contributed by atoms with Gasteiger partial charge in [-0.1, -0.05) is 54.6 Å². The number of carbonyl (C=O) groups excluding carboxylic acids is 1. The molecule has 4 aliphatic rings. The summed E-state index contributed by atoms with van der Waals surface area (Å²) in [4.78, 5) is 11.6. The first-order valence-electron chi connectivity index (χ1n) is 7.32. The van der Waals surface area contributed by atoms with Gasteiger partial charge >= 0.3 is 0 Å². The van der Waals surface area contributed by atoms with Crippen molar-refractivity contribution in [2.24, 2.45) is 5.92 Å². The molecule has 2 aromatic rings. The molecule has 102 valence electrons. The van der Waals surface area contributed by atoms with E-state index in [1.54, 1.807) is 6.08 Å². The standard InChI is InChI=1S/C19H13ClO/c20-19-10-9-12(7-8-15(19)21)17-13-5-1-3-11-4-2-6-14(16(11)13)18(17)19/h1-10,12,17-18H/t12?,17-,18+,19?/m0/s1. The molecule has 6 rings (SSSR count). The Morgan fingerprint density at radius 3 is 2.57 bits per heavy atom. The molecule has 0 spiro atoms. The van der Waals surface area contributed by atoms with Gasteiger partial charge in [-0.05, 0) is 28.0 Å². The molecule has 0 heterocycles. The molecule has 0 radical (unpaired) electrons. The zero-order chi connectivity index (χ0) is 14.2. The van der Waals surface area contributed by atoms with Crippen LogP contribution in [0.5, 0.6) is 0 Å². The third kappa shape index (κ3) is 1.26. The van der Waals surface area contributed by atoms with Crippen molar-refractivity contribution in [3.8, 4) is 0 Å². The quantitative estimate of drug-likeness (QED) is 0.522. The van der Waals surface area contributed by atoms with Gasteiger partial charge in [0.15, 0.2) is 5.78 Å². The van der Waals surface area contributed by atoms with Crippen LogP contribution in [-0.4, -0.2) is 10.7 Å². The first-order chi connectivity index (χ1) is 10.2. The normalized spacial score (nSPS) is 35.3. The number of hydrogen-bond acceptors (Lipinski definition) is 1. The molecule has 0 aromatic heterocycles. The number of hydrogen-bond donors (Lipinski definition) is 0. The highest BCUT2D eigenvalue weighted by molar-refractivity contribution is 6.40. The molecule has 2 aromatic carbocycles. The fraction of sp³-hybridized carbons (Fsp3) is 0.211. The molecule has 2 heteroatoms. The summed E-state index contributed by atoms with van der Waals surface area (Å²) in [5.41, 5.74) is 2.57. The van der Waals surface area contributed by atoms with Crippen molar-refractivity contribution in [3.63, 3.8) is 0 Å². The average molecular weight is 293 g/mol. The number of carbonyl (C=O) groups is 1. The van der Waals surface area contributed by atoms with E-state index in [0.717, 1.165) is 0 Å². The van der Waals surface area contributed by atoms with Crippen LogP contribution in [0.15, 0.2) is 60.7 Å². The lowest BCUT2D eigenvalue weighted by Gasteiger charge is -2.37. The van der Waals surface area contributed by atoms with Crippen molar-refractivity contribution in [3.05, 3.63) is 71.8 Å². The maximum atomic E-state index is 12.5. The molecule has 4 atom stereocenters. The summed E-state index contributed by atoms with van der Waals surface area (Å²) in [6.07, 6.45) is 7.74. The van der Waals surface area contributed by atoms with E-state index in [9.17, 15) is 4.79 Å². The molecule has 0 saturated carbocycles. The molecular formula is C19H13ClO. The van der Waals surface area contributed by atoms with Crippen LogP contribution >= 0.6 is 11.6 Å². The van der Waals surface area contributed by atoms with Gasteiger partial charge in [0.1, 0.15) is 4.87 Å². The van der Waals surface area contributed by atoms with Gasteiger partial charge < -0.3 is 0 Å². The number of alkyl halides is 1. The first kappa shape index (κ1) is 11.8. The minimum atomic E-state index is -0.929. The van der Waals surface area contributed by atoms with Gasteiger partial charge in [-0.3, -0.25) is 4.79 Å².